The van der Waals surface area contributed by atoms with Gasteiger partial charge in [-0.2, -0.15) is 0 Å². The Morgan fingerprint density at radius 3 is 2.69 bits per heavy atom. The number of benzene rings is 2. The number of likely N-dealkylation sites (N-methyl/N-ethyl adjacent to an activating group) is 1. The number of hydrogen-bond donors (Lipinski definition) is 1. The normalized spacial score (nSPS) is 22.9. The van der Waals surface area contributed by atoms with Crippen LogP contribution in [0.3, 0.4) is 0 Å². The molecule has 1 saturated heterocycles. The fourth-order valence-corrected chi connectivity index (χ4v) is 4.70. The molecular weight excluding hydrogens is 366 g/mol. The molecule has 2 aliphatic rings. The number of carbonyl (C=O) groups excluding carboxylic acids is 2. The van der Waals surface area contributed by atoms with Crippen molar-refractivity contribution in [3.63, 3.8) is 0 Å². The van der Waals surface area contributed by atoms with Crippen LogP contribution in [0, 0.1) is 0 Å². The number of anilines is 1. The van der Waals surface area contributed by atoms with Gasteiger partial charge in [0.05, 0.1) is 19.2 Å². The summed E-state index contributed by atoms with van der Waals surface area (Å²) in [4.78, 5) is 30.4. The Kier molecular flexibility index (Phi) is 5.39. The van der Waals surface area contributed by atoms with Crippen molar-refractivity contribution in [2.45, 2.75) is 17.9 Å². The van der Waals surface area contributed by atoms with E-state index in [2.05, 4.69) is 5.32 Å². The topological polar surface area (TPSA) is 61.9 Å². The van der Waals surface area contributed by atoms with Crippen LogP contribution in [0.25, 0.3) is 0 Å². The molecule has 0 aliphatic carbocycles. The minimum absolute atomic E-state index is 0.0180. The molecule has 2 amide bonds. The van der Waals surface area contributed by atoms with Gasteiger partial charge in [-0.1, -0.05) is 48.5 Å². The van der Waals surface area contributed by atoms with Crippen molar-refractivity contribution in [1.29, 1.82) is 0 Å². The van der Waals surface area contributed by atoms with Crippen molar-refractivity contribution in [2.24, 2.45) is 0 Å². The lowest BCUT2D eigenvalue weighted by Crippen LogP contribution is -2.45. The summed E-state index contributed by atoms with van der Waals surface area (Å²) in [5.74, 6) is 0.0158. The SMILES string of the molecule is COCCN(C)CC(=O)N1CC[C@]2(C(=O)Nc3ccccc32)[C@@H]1c1ccccc1. The lowest BCUT2D eigenvalue weighted by atomic mass is 9.72. The lowest BCUT2D eigenvalue weighted by Gasteiger charge is -2.35. The summed E-state index contributed by atoms with van der Waals surface area (Å²) in [5.41, 5.74) is 2.08. The number of likely N-dealkylation sites (tertiary alicyclic amines) is 1. The van der Waals surface area contributed by atoms with Gasteiger partial charge in [0.2, 0.25) is 11.8 Å². The average Bonchev–Trinajstić information content (AvgIpc) is 3.27. The van der Waals surface area contributed by atoms with Gasteiger partial charge in [0.15, 0.2) is 0 Å². The van der Waals surface area contributed by atoms with Gasteiger partial charge >= 0.3 is 0 Å². The summed E-state index contributed by atoms with van der Waals surface area (Å²) >= 11 is 0. The van der Waals surface area contributed by atoms with E-state index in [1.54, 1.807) is 7.11 Å². The molecule has 1 spiro atoms. The second kappa shape index (κ2) is 7.97. The smallest absolute Gasteiger partial charge is 0.237 e. The number of carbonyl (C=O) groups is 2. The van der Waals surface area contributed by atoms with Crippen molar-refractivity contribution >= 4 is 17.5 Å². The minimum Gasteiger partial charge on any atom is -0.383 e. The molecule has 0 aromatic heterocycles. The van der Waals surface area contributed by atoms with Gasteiger partial charge in [0.1, 0.15) is 5.41 Å². The summed E-state index contributed by atoms with van der Waals surface area (Å²) in [6, 6.07) is 17.4. The Bertz CT molecular complexity index is 901. The number of hydrogen-bond acceptors (Lipinski definition) is 4. The molecule has 2 heterocycles. The standard InChI is InChI=1S/C23H27N3O3/c1-25(14-15-29-2)16-20(27)26-13-12-23(21(26)17-8-4-3-5-9-17)18-10-6-7-11-19(18)24-22(23)28/h3-11,21H,12-16H2,1-2H3,(H,24,28)/t21-,23+/m0/s1. The molecule has 1 fully saturated rings. The summed E-state index contributed by atoms with van der Waals surface area (Å²) < 4.78 is 5.12. The number of para-hydroxylation sites is 1. The highest BCUT2D eigenvalue weighted by Crippen LogP contribution is 2.54. The van der Waals surface area contributed by atoms with Crippen LogP contribution in [0.15, 0.2) is 54.6 Å². The Hall–Kier alpha value is -2.70. The molecule has 2 atom stereocenters. The molecule has 0 saturated carbocycles. The van der Waals surface area contributed by atoms with Crippen LogP contribution in [-0.2, 0) is 19.7 Å². The summed E-state index contributed by atoms with van der Waals surface area (Å²) in [7, 11) is 3.57. The van der Waals surface area contributed by atoms with Gasteiger partial charge < -0.3 is 15.0 Å². The minimum atomic E-state index is -0.751. The third-order valence-electron chi connectivity index (χ3n) is 6.10. The van der Waals surface area contributed by atoms with Crippen molar-refractivity contribution in [1.82, 2.24) is 9.80 Å². The maximum Gasteiger partial charge on any atom is 0.237 e. The van der Waals surface area contributed by atoms with E-state index in [-0.39, 0.29) is 17.9 Å². The maximum atomic E-state index is 13.3. The van der Waals surface area contributed by atoms with Crippen LogP contribution in [0.4, 0.5) is 5.69 Å². The van der Waals surface area contributed by atoms with Crippen LogP contribution in [0.1, 0.15) is 23.6 Å². The Labute approximate surface area is 171 Å². The second-order valence-corrected chi connectivity index (χ2v) is 7.85. The summed E-state index contributed by atoms with van der Waals surface area (Å²) in [6.07, 6.45) is 0.614. The van der Waals surface area contributed by atoms with Gasteiger partial charge in [0.25, 0.3) is 0 Å². The molecule has 2 aromatic rings. The molecule has 6 heteroatoms. The zero-order valence-electron chi connectivity index (χ0n) is 16.9. The monoisotopic (exact) mass is 393 g/mol. The zero-order valence-corrected chi connectivity index (χ0v) is 16.9. The highest BCUT2D eigenvalue weighted by molar-refractivity contribution is 6.07. The number of nitrogens with one attached hydrogen (secondary N) is 1. The van der Waals surface area contributed by atoms with Gasteiger partial charge in [-0.3, -0.25) is 14.5 Å². The van der Waals surface area contributed by atoms with Gasteiger partial charge in [0, 0.05) is 25.9 Å². The summed E-state index contributed by atoms with van der Waals surface area (Å²) in [5, 5.41) is 3.05. The van der Waals surface area contributed by atoms with Gasteiger partial charge in [-0.25, -0.2) is 0 Å². The molecular formula is C23H27N3O3. The average molecular weight is 393 g/mol. The Morgan fingerprint density at radius 1 is 1.21 bits per heavy atom. The van der Waals surface area contributed by atoms with Gasteiger partial charge in [-0.05, 0) is 30.7 Å². The van der Waals surface area contributed by atoms with Gasteiger partial charge in [-0.15, -0.1) is 0 Å². The number of nitrogens with zero attached hydrogens (tertiary/aromatic N) is 2. The third-order valence-corrected chi connectivity index (χ3v) is 6.10. The molecule has 0 radical (unpaired) electrons. The molecule has 152 valence electrons. The number of fused-ring (bicyclic) bond motifs is 2. The lowest BCUT2D eigenvalue weighted by molar-refractivity contribution is -0.134. The van der Waals surface area contributed by atoms with E-state index < -0.39 is 5.41 Å². The molecule has 2 aliphatic heterocycles. The predicted octanol–water partition coefficient (Wildman–Crippen LogP) is 2.43. The van der Waals surface area contributed by atoms with E-state index in [1.165, 1.54) is 0 Å². The first-order valence-corrected chi connectivity index (χ1v) is 10.0. The molecule has 4 rings (SSSR count). The number of methoxy groups -OCH3 is 1. The zero-order chi connectivity index (χ0) is 20.4. The van der Waals surface area contributed by atoms with Crippen LogP contribution < -0.4 is 5.32 Å². The first kappa shape index (κ1) is 19.6. The molecule has 0 bridgehead atoms. The van der Waals surface area contributed by atoms with Crippen molar-refractivity contribution in [2.75, 3.05) is 45.7 Å². The van der Waals surface area contributed by atoms with E-state index >= 15 is 0 Å². The van der Waals surface area contributed by atoms with Crippen molar-refractivity contribution < 1.29 is 14.3 Å². The fourth-order valence-electron chi connectivity index (χ4n) is 4.70. The molecule has 0 unspecified atom stereocenters. The molecule has 1 N–H and O–H groups in total. The Morgan fingerprint density at radius 2 is 1.93 bits per heavy atom. The first-order valence-electron chi connectivity index (χ1n) is 10.0. The quantitative estimate of drug-likeness (QED) is 0.819. The highest BCUT2D eigenvalue weighted by atomic mass is 16.5. The van der Waals surface area contributed by atoms with E-state index in [1.807, 2.05) is 71.4 Å². The van der Waals surface area contributed by atoms with Crippen LogP contribution in [0.5, 0.6) is 0 Å². The van der Waals surface area contributed by atoms with E-state index in [9.17, 15) is 9.59 Å². The summed E-state index contributed by atoms with van der Waals surface area (Å²) in [6.45, 7) is 2.11. The number of ether oxygens (including phenoxy) is 1. The first-order chi connectivity index (χ1) is 14.1. The molecule has 6 nitrogen and oxygen atoms in total. The Balaban J connectivity index is 1.72. The van der Waals surface area contributed by atoms with Crippen LogP contribution in [0.2, 0.25) is 0 Å². The van der Waals surface area contributed by atoms with E-state index in [0.29, 0.717) is 32.7 Å². The molecule has 2 aromatic carbocycles. The fraction of sp³-hybridized carbons (Fsp3) is 0.391. The maximum absolute atomic E-state index is 13.3. The second-order valence-electron chi connectivity index (χ2n) is 7.85. The predicted molar refractivity (Wildman–Crippen MR) is 112 cm³/mol. The number of rotatable bonds is 6. The van der Waals surface area contributed by atoms with Crippen molar-refractivity contribution in [3.8, 4) is 0 Å². The van der Waals surface area contributed by atoms with Crippen molar-refractivity contribution in [3.05, 3.63) is 65.7 Å². The number of amides is 2. The highest BCUT2D eigenvalue weighted by Gasteiger charge is 2.59. The van der Waals surface area contributed by atoms with E-state index in [0.717, 1.165) is 16.8 Å². The van der Waals surface area contributed by atoms with Crippen LogP contribution in [-0.4, -0.2) is 62.0 Å². The largest absolute Gasteiger partial charge is 0.383 e. The molecule has 29 heavy (non-hydrogen) atoms. The van der Waals surface area contributed by atoms with E-state index in [4.69, 9.17) is 4.74 Å². The van der Waals surface area contributed by atoms with Crippen LogP contribution >= 0.6 is 0 Å². The third kappa shape index (κ3) is 3.32.